The van der Waals surface area contributed by atoms with E-state index in [4.69, 9.17) is 9.47 Å². The Kier molecular flexibility index (Phi) is 7.72. The zero-order chi connectivity index (χ0) is 14.9. The first-order valence-electron chi connectivity index (χ1n) is 8.45. The lowest BCUT2D eigenvalue weighted by Gasteiger charge is -2.26. The summed E-state index contributed by atoms with van der Waals surface area (Å²) < 4.78 is 11.0. The molecule has 0 aromatic heterocycles. The molecular weight excluding hydrogens is 266 g/mol. The second kappa shape index (κ2) is 9.57. The van der Waals surface area contributed by atoms with Gasteiger partial charge in [-0.1, -0.05) is 19.1 Å². The Hall–Kier alpha value is -0.420. The average molecular weight is 297 g/mol. The van der Waals surface area contributed by atoms with E-state index in [9.17, 15) is 5.11 Å². The predicted molar refractivity (Wildman–Crippen MR) is 84.3 cm³/mol. The van der Waals surface area contributed by atoms with Crippen molar-refractivity contribution in [1.29, 1.82) is 0 Å². The van der Waals surface area contributed by atoms with Gasteiger partial charge >= 0.3 is 0 Å². The highest BCUT2D eigenvalue weighted by Gasteiger charge is 2.19. The molecule has 1 heterocycles. The van der Waals surface area contributed by atoms with Crippen LogP contribution in [-0.2, 0) is 9.47 Å². The molecular formula is C17H31NO3. The van der Waals surface area contributed by atoms with Crippen molar-refractivity contribution in [2.24, 2.45) is 17.8 Å². The minimum atomic E-state index is -0.403. The molecule has 2 N–H and O–H groups in total. The van der Waals surface area contributed by atoms with Gasteiger partial charge in [0.05, 0.1) is 19.3 Å². The lowest BCUT2D eigenvalue weighted by atomic mass is 9.85. The SMILES string of the molecule is CC1CC=CCC1COCC(O)CNCC1CCOCC1. The molecule has 0 spiro atoms. The number of hydrogen-bond acceptors (Lipinski definition) is 4. The lowest BCUT2D eigenvalue weighted by Crippen LogP contribution is -2.35. The zero-order valence-corrected chi connectivity index (χ0v) is 13.3. The van der Waals surface area contributed by atoms with Crippen LogP contribution in [0.2, 0.25) is 0 Å². The molecule has 1 aliphatic heterocycles. The van der Waals surface area contributed by atoms with Crippen molar-refractivity contribution < 1.29 is 14.6 Å². The molecule has 122 valence electrons. The summed E-state index contributed by atoms with van der Waals surface area (Å²) in [5.41, 5.74) is 0. The fourth-order valence-corrected chi connectivity index (χ4v) is 3.06. The van der Waals surface area contributed by atoms with Crippen LogP contribution in [0.5, 0.6) is 0 Å². The highest BCUT2D eigenvalue weighted by atomic mass is 16.5. The summed E-state index contributed by atoms with van der Waals surface area (Å²) in [5.74, 6) is 2.00. The minimum absolute atomic E-state index is 0.403. The summed E-state index contributed by atoms with van der Waals surface area (Å²) in [7, 11) is 0. The Morgan fingerprint density at radius 3 is 2.81 bits per heavy atom. The molecule has 0 saturated carbocycles. The van der Waals surface area contributed by atoms with Crippen molar-refractivity contribution in [2.45, 2.75) is 38.7 Å². The van der Waals surface area contributed by atoms with Gasteiger partial charge in [0.2, 0.25) is 0 Å². The van der Waals surface area contributed by atoms with E-state index < -0.39 is 6.10 Å². The van der Waals surface area contributed by atoms with Crippen LogP contribution in [0.3, 0.4) is 0 Å². The maximum absolute atomic E-state index is 9.95. The molecule has 21 heavy (non-hydrogen) atoms. The highest BCUT2D eigenvalue weighted by molar-refractivity contribution is 4.93. The summed E-state index contributed by atoms with van der Waals surface area (Å²) in [6.45, 7) is 6.85. The summed E-state index contributed by atoms with van der Waals surface area (Å²) in [6.07, 6.45) is 8.64. The second-order valence-corrected chi connectivity index (χ2v) is 6.59. The molecule has 2 rings (SSSR count). The maximum Gasteiger partial charge on any atom is 0.0897 e. The Morgan fingerprint density at radius 2 is 2.05 bits per heavy atom. The molecule has 0 bridgehead atoms. The Balaban J connectivity index is 1.49. The fourth-order valence-electron chi connectivity index (χ4n) is 3.06. The van der Waals surface area contributed by atoms with E-state index in [-0.39, 0.29) is 0 Å². The van der Waals surface area contributed by atoms with E-state index in [1.54, 1.807) is 0 Å². The van der Waals surface area contributed by atoms with Gasteiger partial charge in [-0.3, -0.25) is 0 Å². The lowest BCUT2D eigenvalue weighted by molar-refractivity contribution is 0.0116. The van der Waals surface area contributed by atoms with E-state index in [1.165, 1.54) is 0 Å². The molecule has 3 unspecified atom stereocenters. The topological polar surface area (TPSA) is 50.7 Å². The summed E-state index contributed by atoms with van der Waals surface area (Å²) in [4.78, 5) is 0. The summed E-state index contributed by atoms with van der Waals surface area (Å²) in [5, 5.41) is 13.3. The molecule has 1 saturated heterocycles. The van der Waals surface area contributed by atoms with Crippen molar-refractivity contribution in [2.75, 3.05) is 39.5 Å². The second-order valence-electron chi connectivity index (χ2n) is 6.59. The molecule has 0 amide bonds. The van der Waals surface area contributed by atoms with Gasteiger partial charge in [0.25, 0.3) is 0 Å². The van der Waals surface area contributed by atoms with Crippen LogP contribution in [0.4, 0.5) is 0 Å². The molecule has 1 aliphatic carbocycles. The Labute approximate surface area is 128 Å². The average Bonchev–Trinajstić information content (AvgIpc) is 2.50. The van der Waals surface area contributed by atoms with E-state index >= 15 is 0 Å². The molecule has 4 heteroatoms. The number of ether oxygens (including phenoxy) is 2. The first-order chi connectivity index (χ1) is 10.3. The number of hydrogen-bond donors (Lipinski definition) is 2. The van der Waals surface area contributed by atoms with Gasteiger partial charge in [-0.05, 0) is 50.0 Å². The molecule has 1 fully saturated rings. The summed E-state index contributed by atoms with van der Waals surface area (Å²) in [6, 6.07) is 0. The fraction of sp³-hybridized carbons (Fsp3) is 0.882. The molecule has 0 radical (unpaired) electrons. The van der Waals surface area contributed by atoms with Gasteiger partial charge in [0.1, 0.15) is 0 Å². The normalized spacial score (nSPS) is 28.7. The van der Waals surface area contributed by atoms with Crippen LogP contribution in [0, 0.1) is 17.8 Å². The van der Waals surface area contributed by atoms with Crippen LogP contribution in [-0.4, -0.2) is 50.7 Å². The standard InChI is InChI=1S/C17H31NO3/c1-14-4-2-3-5-16(14)12-21-13-17(19)11-18-10-15-6-8-20-9-7-15/h2-3,14-19H,4-13H2,1H3. The van der Waals surface area contributed by atoms with Gasteiger partial charge in [-0.15, -0.1) is 0 Å². The van der Waals surface area contributed by atoms with Crippen molar-refractivity contribution >= 4 is 0 Å². The van der Waals surface area contributed by atoms with E-state index in [2.05, 4.69) is 24.4 Å². The van der Waals surface area contributed by atoms with Gasteiger partial charge in [0.15, 0.2) is 0 Å². The van der Waals surface area contributed by atoms with E-state index in [0.29, 0.717) is 30.9 Å². The van der Waals surface area contributed by atoms with Gasteiger partial charge in [0, 0.05) is 19.8 Å². The number of rotatable bonds is 8. The highest BCUT2D eigenvalue weighted by Crippen LogP contribution is 2.24. The Morgan fingerprint density at radius 1 is 1.29 bits per heavy atom. The monoisotopic (exact) mass is 297 g/mol. The van der Waals surface area contributed by atoms with Crippen molar-refractivity contribution in [1.82, 2.24) is 5.32 Å². The Bertz CT molecular complexity index is 302. The van der Waals surface area contributed by atoms with Crippen LogP contribution in [0.15, 0.2) is 12.2 Å². The first-order valence-corrected chi connectivity index (χ1v) is 8.45. The molecule has 4 nitrogen and oxygen atoms in total. The van der Waals surface area contributed by atoms with E-state index in [1.807, 2.05) is 0 Å². The zero-order valence-electron chi connectivity index (χ0n) is 13.3. The first kappa shape index (κ1) is 16.9. The van der Waals surface area contributed by atoms with Crippen molar-refractivity contribution in [3.05, 3.63) is 12.2 Å². The smallest absolute Gasteiger partial charge is 0.0897 e. The molecule has 0 aromatic carbocycles. The molecule has 3 atom stereocenters. The minimum Gasteiger partial charge on any atom is -0.389 e. The largest absolute Gasteiger partial charge is 0.389 e. The number of aliphatic hydroxyl groups excluding tert-OH is 1. The van der Waals surface area contributed by atoms with Crippen molar-refractivity contribution in [3.63, 3.8) is 0 Å². The predicted octanol–water partition coefficient (Wildman–Crippen LogP) is 1.98. The van der Waals surface area contributed by atoms with E-state index in [0.717, 1.165) is 52.0 Å². The van der Waals surface area contributed by atoms with Crippen LogP contribution >= 0.6 is 0 Å². The third kappa shape index (κ3) is 6.47. The van der Waals surface area contributed by atoms with Gasteiger partial charge < -0.3 is 19.9 Å². The number of allylic oxidation sites excluding steroid dienone is 2. The number of aliphatic hydroxyl groups is 1. The maximum atomic E-state index is 9.95. The van der Waals surface area contributed by atoms with Gasteiger partial charge in [-0.2, -0.15) is 0 Å². The number of nitrogens with one attached hydrogen (secondary N) is 1. The van der Waals surface area contributed by atoms with Gasteiger partial charge in [-0.25, -0.2) is 0 Å². The quantitative estimate of drug-likeness (QED) is 0.673. The van der Waals surface area contributed by atoms with Crippen molar-refractivity contribution in [3.8, 4) is 0 Å². The third-order valence-electron chi connectivity index (χ3n) is 4.71. The van der Waals surface area contributed by atoms with Crippen LogP contribution in [0.25, 0.3) is 0 Å². The van der Waals surface area contributed by atoms with Crippen LogP contribution < -0.4 is 5.32 Å². The molecule has 2 aliphatic rings. The molecule has 0 aromatic rings. The third-order valence-corrected chi connectivity index (χ3v) is 4.71. The summed E-state index contributed by atoms with van der Waals surface area (Å²) >= 11 is 0. The van der Waals surface area contributed by atoms with Crippen LogP contribution in [0.1, 0.15) is 32.6 Å².